The third-order valence-corrected chi connectivity index (χ3v) is 7.92. The number of ether oxygens (including phenoxy) is 1. The quantitative estimate of drug-likeness (QED) is 0.462. The van der Waals surface area contributed by atoms with Crippen molar-refractivity contribution in [2.45, 2.75) is 30.2 Å². The zero-order valence-corrected chi connectivity index (χ0v) is 20.4. The van der Waals surface area contributed by atoms with Crippen LogP contribution in [0, 0.1) is 5.82 Å². The highest BCUT2D eigenvalue weighted by molar-refractivity contribution is 7.89. The number of carbonyl (C=O) groups is 2. The van der Waals surface area contributed by atoms with Gasteiger partial charge in [-0.15, -0.1) is 0 Å². The number of rotatable bonds is 8. The van der Waals surface area contributed by atoms with E-state index in [0.29, 0.717) is 25.9 Å². The van der Waals surface area contributed by atoms with Crippen LogP contribution in [0.15, 0.2) is 83.8 Å². The number of piperidine rings is 1. The van der Waals surface area contributed by atoms with E-state index in [1.165, 1.54) is 4.31 Å². The smallest absolute Gasteiger partial charge is 0.338 e. The fourth-order valence-corrected chi connectivity index (χ4v) is 5.75. The molecule has 0 bridgehead atoms. The van der Waals surface area contributed by atoms with E-state index in [9.17, 15) is 22.4 Å². The summed E-state index contributed by atoms with van der Waals surface area (Å²) in [6.07, 6.45) is 2.31. The molecule has 0 aliphatic carbocycles. The normalized spacial score (nSPS) is 14.4. The summed E-state index contributed by atoms with van der Waals surface area (Å²) in [6, 6.07) is 21.3. The van der Waals surface area contributed by atoms with Gasteiger partial charge in [0.15, 0.2) is 6.61 Å². The Morgan fingerprint density at radius 3 is 2.06 bits per heavy atom. The van der Waals surface area contributed by atoms with Gasteiger partial charge < -0.3 is 10.1 Å². The summed E-state index contributed by atoms with van der Waals surface area (Å²) >= 11 is 0. The molecule has 0 atom stereocenters. The zero-order chi connectivity index (χ0) is 25.5. The lowest BCUT2D eigenvalue weighted by Crippen LogP contribution is -2.36. The summed E-state index contributed by atoms with van der Waals surface area (Å²) in [5, 5.41) is 2.87. The van der Waals surface area contributed by atoms with Crippen LogP contribution in [0.25, 0.3) is 0 Å². The molecule has 3 aromatic rings. The largest absolute Gasteiger partial charge is 0.452 e. The second-order valence-electron chi connectivity index (χ2n) is 8.51. The van der Waals surface area contributed by atoms with Crippen molar-refractivity contribution >= 4 is 21.9 Å². The van der Waals surface area contributed by atoms with E-state index < -0.39 is 45.3 Å². The highest BCUT2D eigenvalue weighted by Crippen LogP contribution is 2.25. The Hall–Kier alpha value is -3.56. The number of nitrogens with zero attached hydrogens (tertiary/aromatic N) is 1. The Kier molecular flexibility index (Phi) is 8.12. The van der Waals surface area contributed by atoms with Gasteiger partial charge in [-0.2, -0.15) is 4.31 Å². The lowest BCUT2D eigenvalue weighted by atomic mass is 9.99. The van der Waals surface area contributed by atoms with Crippen molar-refractivity contribution in [3.8, 4) is 0 Å². The van der Waals surface area contributed by atoms with Crippen molar-refractivity contribution in [1.82, 2.24) is 9.62 Å². The van der Waals surface area contributed by atoms with Crippen LogP contribution in [0.3, 0.4) is 0 Å². The minimum absolute atomic E-state index is 0.151. The van der Waals surface area contributed by atoms with Crippen LogP contribution in [0.2, 0.25) is 0 Å². The number of carbonyl (C=O) groups excluding carboxylic acids is 2. The Morgan fingerprint density at radius 2 is 1.47 bits per heavy atom. The number of halogens is 1. The van der Waals surface area contributed by atoms with Crippen molar-refractivity contribution < 1.29 is 27.1 Å². The molecule has 36 heavy (non-hydrogen) atoms. The predicted molar refractivity (Wildman–Crippen MR) is 132 cm³/mol. The third-order valence-electron chi connectivity index (χ3n) is 6.01. The Balaban J connectivity index is 1.45. The minimum atomic E-state index is -4.09. The first-order valence-electron chi connectivity index (χ1n) is 11.7. The molecule has 9 heteroatoms. The van der Waals surface area contributed by atoms with Gasteiger partial charge in [-0.25, -0.2) is 17.6 Å². The van der Waals surface area contributed by atoms with Crippen LogP contribution in [0.5, 0.6) is 0 Å². The fourth-order valence-electron chi connectivity index (χ4n) is 4.14. The van der Waals surface area contributed by atoms with Crippen LogP contribution in [0.4, 0.5) is 4.39 Å². The van der Waals surface area contributed by atoms with Crippen molar-refractivity contribution in [1.29, 1.82) is 0 Å². The number of hydrogen-bond acceptors (Lipinski definition) is 5. The molecule has 1 N–H and O–H groups in total. The fraction of sp³-hybridized carbons (Fsp3) is 0.259. The number of amides is 1. The van der Waals surface area contributed by atoms with Crippen LogP contribution >= 0.6 is 0 Å². The molecule has 3 aromatic carbocycles. The summed E-state index contributed by atoms with van der Waals surface area (Å²) in [5.74, 6) is -2.40. The molecule has 0 unspecified atom stereocenters. The molecule has 7 nitrogen and oxygen atoms in total. The maximum absolute atomic E-state index is 14.4. The van der Waals surface area contributed by atoms with Crippen molar-refractivity contribution in [3.63, 3.8) is 0 Å². The third kappa shape index (κ3) is 5.98. The number of esters is 1. The first kappa shape index (κ1) is 25.5. The van der Waals surface area contributed by atoms with E-state index >= 15 is 0 Å². The van der Waals surface area contributed by atoms with Crippen LogP contribution < -0.4 is 5.32 Å². The van der Waals surface area contributed by atoms with Gasteiger partial charge >= 0.3 is 5.97 Å². The van der Waals surface area contributed by atoms with Gasteiger partial charge in [0, 0.05) is 13.1 Å². The monoisotopic (exact) mass is 510 g/mol. The summed E-state index contributed by atoms with van der Waals surface area (Å²) in [6.45, 7) is 0.0296. The first-order valence-corrected chi connectivity index (χ1v) is 13.2. The zero-order valence-electron chi connectivity index (χ0n) is 19.6. The molecular weight excluding hydrogens is 483 g/mol. The highest BCUT2D eigenvalue weighted by Gasteiger charge is 2.29. The van der Waals surface area contributed by atoms with Crippen LogP contribution in [0.1, 0.15) is 46.8 Å². The summed E-state index contributed by atoms with van der Waals surface area (Å²) < 4.78 is 46.6. The van der Waals surface area contributed by atoms with E-state index in [0.717, 1.165) is 35.7 Å². The molecule has 1 fully saturated rings. The standard InChI is InChI=1S/C27H27FN2O5S/c28-23-15-14-22(18-24(23)36(33,34)30-16-8-3-9-17-30)27(32)35-19-25(31)29-26(20-10-4-1-5-11-20)21-12-6-2-7-13-21/h1-2,4-7,10-15,18,26H,3,8-9,16-17,19H2,(H,29,31). The van der Waals surface area contributed by atoms with Crippen LogP contribution in [-0.2, 0) is 19.6 Å². The topological polar surface area (TPSA) is 92.8 Å². The second-order valence-corrected chi connectivity index (χ2v) is 10.4. The van der Waals surface area contributed by atoms with Crippen molar-refractivity contribution in [2.75, 3.05) is 19.7 Å². The summed E-state index contributed by atoms with van der Waals surface area (Å²) in [7, 11) is -4.09. The van der Waals surface area contributed by atoms with Gasteiger partial charge in [-0.1, -0.05) is 67.1 Å². The maximum atomic E-state index is 14.4. The molecule has 0 spiro atoms. The van der Waals surface area contributed by atoms with Gasteiger partial charge in [-0.05, 0) is 42.2 Å². The molecule has 4 rings (SSSR count). The Labute approximate surface area is 209 Å². The van der Waals surface area contributed by atoms with Crippen LogP contribution in [-0.4, -0.2) is 44.3 Å². The van der Waals surface area contributed by atoms with E-state index in [1.54, 1.807) is 0 Å². The number of hydrogen-bond donors (Lipinski definition) is 1. The van der Waals surface area contributed by atoms with E-state index in [2.05, 4.69) is 5.32 Å². The van der Waals surface area contributed by atoms with Gasteiger partial charge in [-0.3, -0.25) is 4.79 Å². The maximum Gasteiger partial charge on any atom is 0.338 e. The Morgan fingerprint density at radius 1 is 0.889 bits per heavy atom. The highest BCUT2D eigenvalue weighted by atomic mass is 32.2. The van der Waals surface area contributed by atoms with Gasteiger partial charge in [0.05, 0.1) is 11.6 Å². The SMILES string of the molecule is O=C(COC(=O)c1ccc(F)c(S(=O)(=O)N2CCCCC2)c1)NC(c1ccccc1)c1ccccc1. The molecule has 1 saturated heterocycles. The van der Waals surface area contributed by atoms with Gasteiger partial charge in [0.25, 0.3) is 5.91 Å². The first-order chi connectivity index (χ1) is 17.4. The van der Waals surface area contributed by atoms with Gasteiger partial charge in [0.1, 0.15) is 10.7 Å². The Bertz CT molecular complexity index is 1270. The lowest BCUT2D eigenvalue weighted by molar-refractivity contribution is -0.124. The van der Waals surface area contributed by atoms with E-state index in [1.807, 2.05) is 60.7 Å². The van der Waals surface area contributed by atoms with E-state index in [4.69, 9.17) is 4.74 Å². The second kappa shape index (κ2) is 11.5. The van der Waals surface area contributed by atoms with E-state index in [-0.39, 0.29) is 5.56 Å². The summed E-state index contributed by atoms with van der Waals surface area (Å²) in [4.78, 5) is 24.7. The molecule has 1 aliphatic rings. The average Bonchev–Trinajstić information content (AvgIpc) is 2.92. The molecule has 0 saturated carbocycles. The number of nitrogens with one attached hydrogen (secondary N) is 1. The van der Waals surface area contributed by atoms with Crippen molar-refractivity contribution in [3.05, 3.63) is 101 Å². The molecule has 0 radical (unpaired) electrons. The van der Waals surface area contributed by atoms with Crippen molar-refractivity contribution in [2.24, 2.45) is 0 Å². The molecule has 0 aromatic heterocycles. The minimum Gasteiger partial charge on any atom is -0.452 e. The number of benzene rings is 3. The molecule has 1 amide bonds. The predicted octanol–water partition coefficient (Wildman–Crippen LogP) is 4.06. The lowest BCUT2D eigenvalue weighted by Gasteiger charge is -2.26. The molecule has 1 aliphatic heterocycles. The average molecular weight is 511 g/mol. The molecule has 1 heterocycles. The van der Waals surface area contributed by atoms with Gasteiger partial charge in [0.2, 0.25) is 10.0 Å². The summed E-state index contributed by atoms with van der Waals surface area (Å²) in [5.41, 5.74) is 1.56. The molecular formula is C27H27FN2O5S. The molecule has 188 valence electrons. The number of sulfonamides is 1.